The fourth-order valence-electron chi connectivity index (χ4n) is 1.60. The van der Waals surface area contributed by atoms with Gasteiger partial charge in [-0.2, -0.15) is 0 Å². The number of hydrogen-bond donors (Lipinski definition) is 2. The summed E-state index contributed by atoms with van der Waals surface area (Å²) in [4.78, 5) is 34.2. The second-order valence-electron chi connectivity index (χ2n) is 5.16. The van der Waals surface area contributed by atoms with Crippen molar-refractivity contribution in [3.63, 3.8) is 0 Å². The molecule has 0 radical (unpaired) electrons. The summed E-state index contributed by atoms with van der Waals surface area (Å²) in [7, 11) is 0. The Kier molecular flexibility index (Phi) is 6.26. The average Bonchev–Trinajstić information content (AvgIpc) is 2.47. The van der Waals surface area contributed by atoms with Gasteiger partial charge in [-0.15, -0.1) is 0 Å². The number of esters is 1. The first-order chi connectivity index (χ1) is 10.7. The first-order valence-electron chi connectivity index (χ1n) is 6.86. The Bertz CT molecular complexity index is 645. The van der Waals surface area contributed by atoms with E-state index >= 15 is 0 Å². The lowest BCUT2D eigenvalue weighted by atomic mass is 10.1. The van der Waals surface area contributed by atoms with E-state index in [1.165, 1.54) is 6.92 Å². The topological polar surface area (TPSA) is 92.7 Å². The summed E-state index contributed by atoms with van der Waals surface area (Å²) in [5.74, 6) is -1.85. The molecular formula is C17H19NO5. The van der Waals surface area contributed by atoms with Crippen LogP contribution in [0.5, 0.6) is 5.75 Å². The summed E-state index contributed by atoms with van der Waals surface area (Å²) in [6.07, 6.45) is 0.100. The number of rotatable bonds is 7. The van der Waals surface area contributed by atoms with Gasteiger partial charge in [-0.3, -0.25) is 4.79 Å². The largest absolute Gasteiger partial charge is 0.480 e. The van der Waals surface area contributed by atoms with Crippen molar-refractivity contribution in [1.82, 2.24) is 5.32 Å². The predicted octanol–water partition coefficient (Wildman–Crippen LogP) is 1.86. The monoisotopic (exact) mass is 317 g/mol. The van der Waals surface area contributed by atoms with Gasteiger partial charge < -0.3 is 15.2 Å². The molecule has 23 heavy (non-hydrogen) atoms. The van der Waals surface area contributed by atoms with Gasteiger partial charge in [-0.1, -0.05) is 25.3 Å². The third-order valence-corrected chi connectivity index (χ3v) is 2.91. The Morgan fingerprint density at radius 3 is 2.13 bits per heavy atom. The molecule has 0 saturated heterocycles. The molecule has 6 heteroatoms. The van der Waals surface area contributed by atoms with Crippen LogP contribution in [0.2, 0.25) is 0 Å². The number of carbonyl (C=O) groups is 3. The van der Waals surface area contributed by atoms with Gasteiger partial charge in [0.05, 0.1) is 0 Å². The van der Waals surface area contributed by atoms with E-state index in [1.54, 1.807) is 31.2 Å². The molecule has 1 aromatic rings. The summed E-state index contributed by atoms with van der Waals surface area (Å²) in [5.41, 5.74) is 1.19. The molecule has 1 unspecified atom stereocenters. The number of nitrogens with one attached hydrogen (secondary N) is 1. The number of aliphatic carboxylic acids is 1. The lowest BCUT2D eigenvalue weighted by Crippen LogP contribution is -2.42. The highest BCUT2D eigenvalue weighted by Gasteiger charge is 2.20. The fourth-order valence-corrected chi connectivity index (χ4v) is 1.60. The minimum absolute atomic E-state index is 0.100. The Labute approximate surface area is 134 Å². The van der Waals surface area contributed by atoms with Crippen LogP contribution in [0.15, 0.2) is 48.6 Å². The van der Waals surface area contributed by atoms with Crippen LogP contribution in [-0.4, -0.2) is 29.0 Å². The average molecular weight is 317 g/mol. The number of carboxylic acid groups (broad SMARTS) is 1. The molecule has 0 saturated carbocycles. The molecule has 6 nitrogen and oxygen atoms in total. The zero-order chi connectivity index (χ0) is 17.6. The molecule has 2 N–H and O–H groups in total. The summed E-state index contributed by atoms with van der Waals surface area (Å²) < 4.78 is 5.04. The second kappa shape index (κ2) is 7.93. The smallest absolute Gasteiger partial charge is 0.338 e. The van der Waals surface area contributed by atoms with Crippen molar-refractivity contribution in [3.05, 3.63) is 54.1 Å². The first-order valence-corrected chi connectivity index (χ1v) is 6.86. The molecule has 0 spiro atoms. The molecular weight excluding hydrogens is 298 g/mol. The molecule has 0 aliphatic heterocycles. The van der Waals surface area contributed by atoms with Crippen molar-refractivity contribution < 1.29 is 24.2 Å². The Morgan fingerprint density at radius 1 is 1.13 bits per heavy atom. The summed E-state index contributed by atoms with van der Waals surface area (Å²) in [6.45, 7) is 9.99. The molecule has 0 aromatic heterocycles. The quantitative estimate of drug-likeness (QED) is 0.455. The van der Waals surface area contributed by atoms with Gasteiger partial charge in [0.1, 0.15) is 11.8 Å². The highest BCUT2D eigenvalue weighted by atomic mass is 16.5. The normalized spacial score (nSPS) is 11.2. The molecule has 1 amide bonds. The zero-order valence-corrected chi connectivity index (χ0v) is 13.1. The van der Waals surface area contributed by atoms with Crippen LogP contribution in [0.3, 0.4) is 0 Å². The minimum Gasteiger partial charge on any atom is -0.480 e. The standard InChI is InChI=1S/C17H19NO5/c1-10(2)15(19)18-14(16(20)21)9-12-5-7-13(8-6-12)23-17(22)11(3)4/h5-8,14H,1,3,9H2,2,4H3,(H,18,19)(H,20,21). The van der Waals surface area contributed by atoms with Gasteiger partial charge in [0.15, 0.2) is 0 Å². The van der Waals surface area contributed by atoms with Crippen LogP contribution >= 0.6 is 0 Å². The second-order valence-corrected chi connectivity index (χ2v) is 5.16. The van der Waals surface area contributed by atoms with Gasteiger partial charge in [-0.05, 0) is 31.5 Å². The summed E-state index contributed by atoms with van der Waals surface area (Å²) in [5, 5.41) is 11.6. The minimum atomic E-state index is -1.14. The highest BCUT2D eigenvalue weighted by molar-refractivity contribution is 5.94. The number of ether oxygens (including phenoxy) is 1. The number of hydrogen-bond acceptors (Lipinski definition) is 4. The maximum Gasteiger partial charge on any atom is 0.338 e. The van der Waals surface area contributed by atoms with Crippen molar-refractivity contribution in [2.24, 2.45) is 0 Å². The fraction of sp³-hybridized carbons (Fsp3) is 0.235. The first kappa shape index (κ1) is 18.2. The van der Waals surface area contributed by atoms with Crippen LogP contribution in [0, 0.1) is 0 Å². The van der Waals surface area contributed by atoms with E-state index < -0.39 is 23.9 Å². The number of carbonyl (C=O) groups excluding carboxylic acids is 2. The van der Waals surface area contributed by atoms with Crippen molar-refractivity contribution in [2.45, 2.75) is 26.3 Å². The van der Waals surface area contributed by atoms with E-state index in [2.05, 4.69) is 18.5 Å². The number of carboxylic acids is 1. The summed E-state index contributed by atoms with van der Waals surface area (Å²) >= 11 is 0. The van der Waals surface area contributed by atoms with Gasteiger partial charge >= 0.3 is 11.9 Å². The predicted molar refractivity (Wildman–Crippen MR) is 85.0 cm³/mol. The molecule has 0 heterocycles. The van der Waals surface area contributed by atoms with Crippen molar-refractivity contribution in [2.75, 3.05) is 0 Å². The SMILES string of the molecule is C=C(C)C(=O)NC(Cc1ccc(OC(=O)C(=C)C)cc1)C(=O)O. The third-order valence-electron chi connectivity index (χ3n) is 2.91. The van der Waals surface area contributed by atoms with E-state index in [1.807, 2.05) is 0 Å². The van der Waals surface area contributed by atoms with Gasteiger partial charge in [0.2, 0.25) is 5.91 Å². The Balaban J connectivity index is 2.76. The lowest BCUT2D eigenvalue weighted by molar-refractivity contribution is -0.141. The van der Waals surface area contributed by atoms with Crippen LogP contribution < -0.4 is 10.1 Å². The van der Waals surface area contributed by atoms with E-state index in [0.29, 0.717) is 11.3 Å². The van der Waals surface area contributed by atoms with E-state index in [0.717, 1.165) is 0 Å². The van der Waals surface area contributed by atoms with Crippen LogP contribution in [0.1, 0.15) is 19.4 Å². The molecule has 0 aliphatic rings. The number of benzene rings is 1. The van der Waals surface area contributed by atoms with Gasteiger partial charge in [-0.25, -0.2) is 9.59 Å². The molecule has 1 atom stereocenters. The summed E-state index contributed by atoms with van der Waals surface area (Å²) in [6, 6.07) is 5.29. The van der Waals surface area contributed by atoms with Crippen LogP contribution in [0.25, 0.3) is 0 Å². The van der Waals surface area contributed by atoms with Crippen LogP contribution in [0.4, 0.5) is 0 Å². The van der Waals surface area contributed by atoms with Crippen LogP contribution in [-0.2, 0) is 20.8 Å². The van der Waals surface area contributed by atoms with Crippen molar-refractivity contribution in [3.8, 4) is 5.75 Å². The maximum atomic E-state index is 11.5. The highest BCUT2D eigenvalue weighted by Crippen LogP contribution is 2.15. The van der Waals surface area contributed by atoms with E-state index in [4.69, 9.17) is 4.74 Å². The number of amides is 1. The van der Waals surface area contributed by atoms with E-state index in [9.17, 15) is 19.5 Å². The molecule has 0 bridgehead atoms. The lowest BCUT2D eigenvalue weighted by Gasteiger charge is -2.15. The molecule has 0 aliphatic carbocycles. The van der Waals surface area contributed by atoms with E-state index in [-0.39, 0.29) is 17.6 Å². The molecule has 122 valence electrons. The zero-order valence-electron chi connectivity index (χ0n) is 13.1. The Hall–Kier alpha value is -2.89. The Morgan fingerprint density at radius 2 is 1.70 bits per heavy atom. The maximum absolute atomic E-state index is 11.5. The van der Waals surface area contributed by atoms with Gasteiger partial charge in [0.25, 0.3) is 0 Å². The third kappa shape index (κ3) is 5.78. The molecule has 0 fully saturated rings. The van der Waals surface area contributed by atoms with Gasteiger partial charge in [0, 0.05) is 17.6 Å². The molecule has 1 rings (SSSR count). The van der Waals surface area contributed by atoms with Crippen molar-refractivity contribution in [1.29, 1.82) is 0 Å². The molecule has 1 aromatic carbocycles. The van der Waals surface area contributed by atoms with Crippen molar-refractivity contribution >= 4 is 17.8 Å².